The highest BCUT2D eigenvalue weighted by atomic mass is 32.1. The van der Waals surface area contributed by atoms with Crippen molar-refractivity contribution in [2.75, 3.05) is 11.9 Å². The molecule has 0 aliphatic rings. The summed E-state index contributed by atoms with van der Waals surface area (Å²) in [7, 11) is 0. The van der Waals surface area contributed by atoms with Crippen molar-refractivity contribution in [2.24, 2.45) is 5.73 Å². The topological polar surface area (TPSA) is 68.0 Å². The lowest BCUT2D eigenvalue weighted by Crippen LogP contribution is -2.12. The van der Waals surface area contributed by atoms with E-state index in [1.54, 1.807) is 23.7 Å². The number of nitrogens with one attached hydrogen (secondary N) is 1. The van der Waals surface area contributed by atoms with Gasteiger partial charge in [-0.1, -0.05) is 11.8 Å². The van der Waals surface area contributed by atoms with Gasteiger partial charge in [-0.3, -0.25) is 9.78 Å². The average molecular weight is 271 g/mol. The number of rotatable bonds is 2. The number of hydrogen-bond acceptors (Lipinski definition) is 4. The molecule has 0 radical (unpaired) electrons. The summed E-state index contributed by atoms with van der Waals surface area (Å²) in [6.07, 6.45) is 1.69. The Balaban J connectivity index is 2.12. The van der Waals surface area contributed by atoms with Crippen molar-refractivity contribution in [3.8, 4) is 11.8 Å². The summed E-state index contributed by atoms with van der Waals surface area (Å²) >= 11 is 1.43. The Labute approximate surface area is 115 Å². The molecule has 0 spiro atoms. The largest absolute Gasteiger partial charge is 0.320 e. The molecule has 4 nitrogen and oxygen atoms in total. The van der Waals surface area contributed by atoms with Crippen molar-refractivity contribution in [3.63, 3.8) is 0 Å². The molecule has 5 heteroatoms. The van der Waals surface area contributed by atoms with Crippen LogP contribution in [0.4, 0.5) is 5.69 Å². The van der Waals surface area contributed by atoms with Gasteiger partial charge in [-0.05, 0) is 25.1 Å². The van der Waals surface area contributed by atoms with Gasteiger partial charge in [0.25, 0.3) is 5.91 Å². The molecule has 2 aromatic heterocycles. The number of aromatic nitrogens is 1. The normalized spacial score (nSPS) is 9.58. The first-order chi connectivity index (χ1) is 9.20. The molecule has 0 aliphatic carbocycles. The second kappa shape index (κ2) is 6.14. The van der Waals surface area contributed by atoms with Crippen molar-refractivity contribution in [1.82, 2.24) is 4.98 Å². The highest BCUT2D eigenvalue weighted by molar-refractivity contribution is 7.10. The smallest absolute Gasteiger partial charge is 0.256 e. The van der Waals surface area contributed by atoms with Gasteiger partial charge >= 0.3 is 0 Å². The van der Waals surface area contributed by atoms with Crippen molar-refractivity contribution in [3.05, 3.63) is 45.9 Å². The van der Waals surface area contributed by atoms with E-state index in [-0.39, 0.29) is 5.91 Å². The lowest BCUT2D eigenvalue weighted by molar-refractivity contribution is 0.102. The minimum Gasteiger partial charge on any atom is -0.320 e. The molecule has 0 bridgehead atoms. The van der Waals surface area contributed by atoms with Crippen LogP contribution in [0, 0.1) is 18.8 Å². The van der Waals surface area contributed by atoms with E-state index in [0.29, 0.717) is 17.8 Å². The summed E-state index contributed by atoms with van der Waals surface area (Å²) < 4.78 is 0. The minimum absolute atomic E-state index is 0.159. The van der Waals surface area contributed by atoms with Crippen LogP contribution < -0.4 is 11.1 Å². The molecule has 0 saturated heterocycles. The first-order valence-corrected chi connectivity index (χ1v) is 6.59. The molecule has 0 atom stereocenters. The van der Waals surface area contributed by atoms with Gasteiger partial charge in [0.15, 0.2) is 0 Å². The van der Waals surface area contributed by atoms with Crippen LogP contribution in [-0.4, -0.2) is 17.4 Å². The van der Waals surface area contributed by atoms with E-state index in [1.807, 2.05) is 13.0 Å². The van der Waals surface area contributed by atoms with Crippen LogP contribution in [-0.2, 0) is 0 Å². The number of hydrogen-bond donors (Lipinski definition) is 2. The van der Waals surface area contributed by atoms with Gasteiger partial charge in [0.2, 0.25) is 0 Å². The molecule has 0 unspecified atom stereocenters. The van der Waals surface area contributed by atoms with Crippen molar-refractivity contribution >= 4 is 22.9 Å². The number of aryl methyl sites for hydroxylation is 1. The van der Waals surface area contributed by atoms with Crippen LogP contribution in [0.25, 0.3) is 0 Å². The van der Waals surface area contributed by atoms with Gasteiger partial charge < -0.3 is 11.1 Å². The van der Waals surface area contributed by atoms with Gasteiger partial charge in [-0.2, -0.15) is 0 Å². The van der Waals surface area contributed by atoms with Crippen LogP contribution in [0.2, 0.25) is 0 Å². The number of amides is 1. The Hall–Kier alpha value is -2.16. The van der Waals surface area contributed by atoms with Crippen molar-refractivity contribution in [2.45, 2.75) is 6.92 Å². The molecule has 19 heavy (non-hydrogen) atoms. The number of pyridine rings is 1. The molecule has 0 aromatic carbocycles. The maximum atomic E-state index is 12.0. The number of nitrogens with zero attached hydrogens (tertiary/aromatic N) is 1. The van der Waals surface area contributed by atoms with E-state index in [9.17, 15) is 4.79 Å². The minimum atomic E-state index is -0.159. The molecule has 0 aliphatic heterocycles. The fraction of sp³-hybridized carbons (Fsp3) is 0.143. The predicted molar refractivity (Wildman–Crippen MR) is 77.2 cm³/mol. The first-order valence-electron chi connectivity index (χ1n) is 5.71. The maximum absolute atomic E-state index is 12.0. The fourth-order valence-corrected chi connectivity index (χ4v) is 2.22. The zero-order valence-corrected chi connectivity index (χ0v) is 11.3. The van der Waals surface area contributed by atoms with E-state index in [1.165, 1.54) is 11.3 Å². The number of carbonyl (C=O) groups is 1. The van der Waals surface area contributed by atoms with E-state index in [4.69, 9.17) is 5.73 Å². The lowest BCUT2D eigenvalue weighted by Gasteiger charge is -2.05. The molecule has 2 rings (SSSR count). The number of anilines is 1. The molecule has 3 N–H and O–H groups in total. The number of nitrogens with two attached hydrogens (primary N) is 1. The van der Waals surface area contributed by atoms with Gasteiger partial charge in [0.05, 0.1) is 28.4 Å². The van der Waals surface area contributed by atoms with Crippen molar-refractivity contribution < 1.29 is 4.79 Å². The predicted octanol–water partition coefficient (Wildman–Crippen LogP) is 2.01. The highest BCUT2D eigenvalue weighted by Gasteiger charge is 2.09. The summed E-state index contributed by atoms with van der Waals surface area (Å²) in [5.41, 5.74) is 7.40. The average Bonchev–Trinajstić information content (AvgIpc) is 2.88. The van der Waals surface area contributed by atoms with Crippen molar-refractivity contribution in [1.29, 1.82) is 0 Å². The Bertz CT molecular complexity index is 652. The van der Waals surface area contributed by atoms with Gasteiger partial charge in [0, 0.05) is 11.6 Å². The monoisotopic (exact) mass is 271 g/mol. The van der Waals surface area contributed by atoms with E-state index in [2.05, 4.69) is 22.1 Å². The van der Waals surface area contributed by atoms with Gasteiger partial charge in [0.1, 0.15) is 0 Å². The molecule has 0 saturated carbocycles. The molecule has 1 amide bonds. The second-order valence-electron chi connectivity index (χ2n) is 3.80. The fourth-order valence-electron chi connectivity index (χ4n) is 1.47. The molecule has 96 valence electrons. The Morgan fingerprint density at radius 1 is 1.58 bits per heavy atom. The quantitative estimate of drug-likeness (QED) is 0.821. The summed E-state index contributed by atoms with van der Waals surface area (Å²) in [6, 6.07) is 5.37. The Morgan fingerprint density at radius 2 is 2.42 bits per heavy atom. The summed E-state index contributed by atoms with van der Waals surface area (Å²) in [6.45, 7) is 2.16. The first kappa shape index (κ1) is 13.3. The van der Waals surface area contributed by atoms with Crippen LogP contribution in [0.3, 0.4) is 0 Å². The van der Waals surface area contributed by atoms with E-state index in [0.717, 1.165) is 10.6 Å². The molecule has 2 heterocycles. The summed E-state index contributed by atoms with van der Waals surface area (Å²) in [5.74, 6) is 5.51. The Kier molecular flexibility index (Phi) is 4.29. The van der Waals surface area contributed by atoms with Crippen LogP contribution in [0.15, 0.2) is 29.8 Å². The third kappa shape index (κ3) is 3.41. The van der Waals surface area contributed by atoms with Crippen LogP contribution >= 0.6 is 11.3 Å². The Morgan fingerprint density at radius 3 is 3.16 bits per heavy atom. The maximum Gasteiger partial charge on any atom is 0.256 e. The van der Waals surface area contributed by atoms with Gasteiger partial charge in [-0.15, -0.1) is 11.3 Å². The standard InChI is InChI=1S/C14H13N3OS/c1-10-13(5-3-7-16-10)17-14(18)11-8-12(19-9-11)4-2-6-15/h3,5,7-9H,6,15H2,1H3,(H,17,18). The zero-order chi connectivity index (χ0) is 13.7. The van der Waals surface area contributed by atoms with E-state index < -0.39 is 0 Å². The second-order valence-corrected chi connectivity index (χ2v) is 4.71. The zero-order valence-electron chi connectivity index (χ0n) is 10.4. The third-order valence-electron chi connectivity index (χ3n) is 2.43. The lowest BCUT2D eigenvalue weighted by atomic mass is 10.2. The molecule has 0 fully saturated rings. The van der Waals surface area contributed by atoms with E-state index >= 15 is 0 Å². The molecule has 2 aromatic rings. The molecular formula is C14H13N3OS. The number of carbonyl (C=O) groups excluding carboxylic acids is 1. The van der Waals surface area contributed by atoms with Gasteiger partial charge in [-0.25, -0.2) is 0 Å². The van der Waals surface area contributed by atoms with Crippen LogP contribution in [0.5, 0.6) is 0 Å². The summed E-state index contributed by atoms with van der Waals surface area (Å²) in [4.78, 5) is 17.0. The summed E-state index contributed by atoms with van der Waals surface area (Å²) in [5, 5.41) is 4.61. The highest BCUT2D eigenvalue weighted by Crippen LogP contribution is 2.16. The molecular weight excluding hydrogens is 258 g/mol. The SMILES string of the molecule is Cc1ncccc1NC(=O)c1csc(C#CCN)c1. The number of thiophene rings is 1. The van der Waals surface area contributed by atoms with Crippen LogP contribution in [0.1, 0.15) is 20.9 Å². The third-order valence-corrected chi connectivity index (χ3v) is 3.28.